The van der Waals surface area contributed by atoms with Crippen LogP contribution in [0.5, 0.6) is 0 Å². The number of rotatable bonds is 51. The molecule has 3 heteroatoms. The molecule has 358 valence electrons. The summed E-state index contributed by atoms with van der Waals surface area (Å²) in [6.45, 7) is 10.8. The normalized spacial score (nSPS) is 12.2. The van der Waals surface area contributed by atoms with Gasteiger partial charge in [0.2, 0.25) is 0 Å². The zero-order valence-corrected chi connectivity index (χ0v) is 42.1. The van der Waals surface area contributed by atoms with E-state index in [1.54, 1.807) is 0 Å². The van der Waals surface area contributed by atoms with Crippen molar-refractivity contribution in [1.29, 1.82) is 0 Å². The van der Waals surface area contributed by atoms with Gasteiger partial charge in [0, 0.05) is 13.1 Å². The zero-order chi connectivity index (χ0) is 43.5. The summed E-state index contributed by atoms with van der Waals surface area (Å²) < 4.78 is 6.07. The number of hydrogen-bond acceptors (Lipinski definition) is 2. The minimum atomic E-state index is -0.0473. The van der Waals surface area contributed by atoms with E-state index in [9.17, 15) is 4.79 Å². The SMILES string of the molecule is CCCCCCCC/C=C\CCCCCCCCC(C)OC(=O)N(CCCCCCCCCCCCCCCCCC)CCCCCCCCCCCCCCCCCC. The van der Waals surface area contributed by atoms with Crippen LogP contribution in [0.3, 0.4) is 0 Å². The Bertz CT molecular complexity index is 789. The second-order valence-corrected chi connectivity index (χ2v) is 19.5. The van der Waals surface area contributed by atoms with Gasteiger partial charge in [-0.3, -0.25) is 0 Å². The quantitative estimate of drug-likeness (QED) is 0.0451. The van der Waals surface area contributed by atoms with Crippen LogP contribution in [0.25, 0.3) is 0 Å². The minimum Gasteiger partial charge on any atom is -0.446 e. The Morgan fingerprint density at radius 2 is 0.583 bits per heavy atom. The number of allylic oxidation sites excluding steroid dienone is 2. The lowest BCUT2D eigenvalue weighted by Gasteiger charge is -2.24. The van der Waals surface area contributed by atoms with Gasteiger partial charge in [0.1, 0.15) is 6.10 Å². The van der Waals surface area contributed by atoms with Gasteiger partial charge in [-0.1, -0.05) is 283 Å². The number of carbonyl (C=O) groups is 1. The van der Waals surface area contributed by atoms with Crippen LogP contribution in [0, 0.1) is 0 Å². The molecule has 0 fully saturated rings. The predicted molar refractivity (Wildman–Crippen MR) is 271 cm³/mol. The standard InChI is InChI=1S/C57H113NO2/c1-5-8-11-14-17-20-23-26-29-32-35-38-41-44-47-50-53-56(4)60-57(59)58(54-51-48-45-42-39-36-33-30-27-24-21-18-15-12-9-6-2)55-52-49-46-43-40-37-34-31-28-25-22-19-16-13-10-7-3/h26,29,56H,5-25,27-28,30-55H2,1-4H3/b29-26-. The lowest BCUT2D eigenvalue weighted by Crippen LogP contribution is -2.35. The fourth-order valence-corrected chi connectivity index (χ4v) is 8.98. The molecule has 0 N–H and O–H groups in total. The van der Waals surface area contributed by atoms with Gasteiger partial charge in [-0.15, -0.1) is 0 Å². The summed E-state index contributed by atoms with van der Waals surface area (Å²) in [5, 5.41) is 0. The molecule has 3 nitrogen and oxygen atoms in total. The average molecular weight is 845 g/mol. The molecule has 0 rings (SSSR count). The van der Waals surface area contributed by atoms with Crippen molar-refractivity contribution in [2.45, 2.75) is 336 Å². The molecule has 0 aromatic rings. The summed E-state index contributed by atoms with van der Waals surface area (Å²) in [4.78, 5) is 15.5. The van der Waals surface area contributed by atoms with Crippen molar-refractivity contribution in [3.8, 4) is 0 Å². The van der Waals surface area contributed by atoms with Gasteiger partial charge in [0.25, 0.3) is 0 Å². The molecule has 1 amide bonds. The van der Waals surface area contributed by atoms with Crippen molar-refractivity contribution in [3.63, 3.8) is 0 Å². The molecule has 0 aromatic carbocycles. The number of unbranched alkanes of at least 4 members (excludes halogenated alkanes) is 42. The third-order valence-electron chi connectivity index (χ3n) is 13.2. The van der Waals surface area contributed by atoms with E-state index in [4.69, 9.17) is 4.74 Å². The van der Waals surface area contributed by atoms with Gasteiger partial charge in [0.05, 0.1) is 0 Å². The molecule has 0 saturated heterocycles. The first-order valence-electron chi connectivity index (χ1n) is 28.3. The highest BCUT2D eigenvalue weighted by Crippen LogP contribution is 2.18. The Morgan fingerprint density at radius 1 is 0.350 bits per heavy atom. The van der Waals surface area contributed by atoms with Gasteiger partial charge in [0.15, 0.2) is 0 Å². The number of ether oxygens (including phenoxy) is 1. The van der Waals surface area contributed by atoms with E-state index < -0.39 is 0 Å². The van der Waals surface area contributed by atoms with E-state index in [0.29, 0.717) is 0 Å². The molecule has 0 radical (unpaired) electrons. The number of carbonyl (C=O) groups excluding carboxylic acids is 1. The Kier molecular flexibility index (Phi) is 51.5. The molecule has 0 spiro atoms. The van der Waals surface area contributed by atoms with E-state index in [-0.39, 0.29) is 12.2 Å². The summed E-state index contributed by atoms with van der Waals surface area (Å²) in [7, 11) is 0. The highest BCUT2D eigenvalue weighted by atomic mass is 16.6. The van der Waals surface area contributed by atoms with Crippen LogP contribution in [0.15, 0.2) is 12.2 Å². The zero-order valence-electron chi connectivity index (χ0n) is 42.1. The number of amides is 1. The summed E-state index contributed by atoms with van der Waals surface area (Å²) >= 11 is 0. The van der Waals surface area contributed by atoms with Crippen molar-refractivity contribution >= 4 is 6.09 Å². The lowest BCUT2D eigenvalue weighted by atomic mass is 10.0. The maximum atomic E-state index is 13.4. The fraction of sp³-hybridized carbons (Fsp3) is 0.947. The van der Waals surface area contributed by atoms with E-state index in [0.717, 1.165) is 32.4 Å². The van der Waals surface area contributed by atoms with Crippen molar-refractivity contribution in [1.82, 2.24) is 4.90 Å². The third-order valence-corrected chi connectivity index (χ3v) is 13.2. The van der Waals surface area contributed by atoms with Gasteiger partial charge < -0.3 is 9.64 Å². The van der Waals surface area contributed by atoms with E-state index in [1.165, 1.54) is 283 Å². The third kappa shape index (κ3) is 48.0. The maximum Gasteiger partial charge on any atom is 0.410 e. The van der Waals surface area contributed by atoms with Gasteiger partial charge in [-0.25, -0.2) is 4.79 Å². The van der Waals surface area contributed by atoms with Crippen LogP contribution in [0.2, 0.25) is 0 Å². The maximum absolute atomic E-state index is 13.4. The van der Waals surface area contributed by atoms with Gasteiger partial charge in [-0.05, 0) is 58.3 Å². The average Bonchev–Trinajstić information content (AvgIpc) is 3.25. The Balaban J connectivity index is 4.21. The number of hydrogen-bond donors (Lipinski definition) is 0. The smallest absolute Gasteiger partial charge is 0.410 e. The molecule has 0 aliphatic carbocycles. The summed E-state index contributed by atoms with van der Waals surface area (Å²) in [5.74, 6) is 0. The number of nitrogens with zero attached hydrogens (tertiary/aromatic N) is 1. The summed E-state index contributed by atoms with van der Waals surface area (Å²) in [6.07, 6.45) is 68.7. The second kappa shape index (κ2) is 52.4. The Hall–Kier alpha value is -0.990. The largest absolute Gasteiger partial charge is 0.446 e. The molecule has 1 unspecified atom stereocenters. The first-order chi connectivity index (χ1) is 29.7. The fourth-order valence-electron chi connectivity index (χ4n) is 8.98. The van der Waals surface area contributed by atoms with Gasteiger partial charge in [-0.2, -0.15) is 0 Å². The van der Waals surface area contributed by atoms with Crippen molar-refractivity contribution in [3.05, 3.63) is 12.2 Å². The van der Waals surface area contributed by atoms with Crippen LogP contribution in [-0.2, 0) is 4.74 Å². The first-order valence-corrected chi connectivity index (χ1v) is 28.3. The molecular weight excluding hydrogens is 731 g/mol. The molecule has 60 heavy (non-hydrogen) atoms. The van der Waals surface area contributed by atoms with Crippen LogP contribution in [-0.4, -0.2) is 30.2 Å². The molecule has 0 heterocycles. The van der Waals surface area contributed by atoms with E-state index in [1.807, 2.05) is 0 Å². The Labute approximate surface area is 380 Å². The highest BCUT2D eigenvalue weighted by Gasteiger charge is 2.17. The van der Waals surface area contributed by atoms with Crippen molar-refractivity contribution in [2.24, 2.45) is 0 Å². The highest BCUT2D eigenvalue weighted by molar-refractivity contribution is 5.67. The second-order valence-electron chi connectivity index (χ2n) is 19.5. The molecule has 0 aromatic heterocycles. The minimum absolute atomic E-state index is 0.0216. The molecule has 0 saturated carbocycles. The Morgan fingerprint density at radius 3 is 0.867 bits per heavy atom. The summed E-state index contributed by atoms with van der Waals surface area (Å²) in [5.41, 5.74) is 0. The van der Waals surface area contributed by atoms with Crippen LogP contribution in [0.4, 0.5) is 4.79 Å². The molecular formula is C57H113NO2. The van der Waals surface area contributed by atoms with E-state index in [2.05, 4.69) is 44.7 Å². The monoisotopic (exact) mass is 844 g/mol. The molecule has 0 bridgehead atoms. The van der Waals surface area contributed by atoms with Crippen LogP contribution in [0.1, 0.15) is 329 Å². The molecule has 0 aliphatic heterocycles. The van der Waals surface area contributed by atoms with Crippen LogP contribution >= 0.6 is 0 Å². The van der Waals surface area contributed by atoms with Crippen molar-refractivity contribution < 1.29 is 9.53 Å². The van der Waals surface area contributed by atoms with Crippen molar-refractivity contribution in [2.75, 3.05) is 13.1 Å². The molecule has 0 aliphatic rings. The lowest BCUT2D eigenvalue weighted by molar-refractivity contribution is 0.0643. The predicted octanol–water partition coefficient (Wildman–Crippen LogP) is 20.8. The summed E-state index contributed by atoms with van der Waals surface area (Å²) in [6, 6.07) is 0. The first kappa shape index (κ1) is 59.0. The topological polar surface area (TPSA) is 29.5 Å². The van der Waals surface area contributed by atoms with Crippen LogP contribution < -0.4 is 0 Å². The van der Waals surface area contributed by atoms with E-state index >= 15 is 0 Å². The molecule has 1 atom stereocenters. The van der Waals surface area contributed by atoms with Gasteiger partial charge >= 0.3 is 6.09 Å².